The van der Waals surface area contributed by atoms with E-state index in [0.717, 1.165) is 25.3 Å². The molecule has 24 heavy (non-hydrogen) atoms. The first-order chi connectivity index (χ1) is 11.7. The molecule has 2 unspecified atom stereocenters. The molecule has 4 nitrogen and oxygen atoms in total. The quantitative estimate of drug-likeness (QED) is 0.817. The minimum absolute atomic E-state index is 0.152. The zero-order valence-electron chi connectivity index (χ0n) is 13.7. The molecule has 2 N–H and O–H groups in total. The third-order valence-electron chi connectivity index (χ3n) is 7.18. The van der Waals surface area contributed by atoms with E-state index in [1.165, 1.54) is 30.5 Å². The lowest BCUT2D eigenvalue weighted by Crippen LogP contribution is -2.65. The van der Waals surface area contributed by atoms with Crippen molar-refractivity contribution >= 4 is 0 Å². The fraction of sp³-hybridized carbons (Fsp3) is 0.600. The highest BCUT2D eigenvalue weighted by atomic mass is 16.5. The molecular formula is C20H23NO3. The van der Waals surface area contributed by atoms with Crippen LogP contribution in [0.5, 0.6) is 11.5 Å². The Bertz CT molecular complexity index is 755. The molecule has 2 aliphatic heterocycles. The van der Waals surface area contributed by atoms with Gasteiger partial charge >= 0.3 is 0 Å². The highest BCUT2D eigenvalue weighted by Crippen LogP contribution is 2.62. The SMILES string of the molecule is Oc1ccc2c3c1O[C@H]1[C@@H](O)C=C[C@H]4C(C2)N(CC2CC2)CCC341. The minimum atomic E-state index is -0.588. The normalized spacial score (nSPS) is 41.9. The van der Waals surface area contributed by atoms with Crippen molar-refractivity contribution < 1.29 is 14.9 Å². The molecule has 1 aromatic carbocycles. The van der Waals surface area contributed by atoms with Gasteiger partial charge in [-0.15, -0.1) is 0 Å². The molecule has 2 fully saturated rings. The van der Waals surface area contributed by atoms with Crippen molar-refractivity contribution in [3.8, 4) is 11.5 Å². The molecule has 0 amide bonds. The van der Waals surface area contributed by atoms with Crippen LogP contribution in [0.15, 0.2) is 24.3 Å². The highest BCUT2D eigenvalue weighted by Gasteiger charge is 2.64. The van der Waals surface area contributed by atoms with E-state index < -0.39 is 6.10 Å². The number of phenolic OH excluding ortho intramolecular Hbond substituents is 1. The van der Waals surface area contributed by atoms with Crippen LogP contribution < -0.4 is 4.74 Å². The summed E-state index contributed by atoms with van der Waals surface area (Å²) in [5.74, 6) is 2.14. The number of piperidine rings is 1. The summed E-state index contributed by atoms with van der Waals surface area (Å²) in [6.45, 7) is 2.30. The molecule has 0 radical (unpaired) electrons. The van der Waals surface area contributed by atoms with Crippen LogP contribution >= 0.6 is 0 Å². The van der Waals surface area contributed by atoms with Gasteiger partial charge in [0.2, 0.25) is 0 Å². The molecule has 2 heterocycles. The summed E-state index contributed by atoms with van der Waals surface area (Å²) in [5.41, 5.74) is 2.36. The van der Waals surface area contributed by atoms with E-state index in [2.05, 4.69) is 17.0 Å². The topological polar surface area (TPSA) is 52.9 Å². The van der Waals surface area contributed by atoms with Crippen LogP contribution in [0.3, 0.4) is 0 Å². The van der Waals surface area contributed by atoms with Crippen LogP contribution in [-0.4, -0.2) is 46.5 Å². The Morgan fingerprint density at radius 3 is 2.96 bits per heavy atom. The Hall–Kier alpha value is -1.52. The van der Waals surface area contributed by atoms with Gasteiger partial charge in [-0.1, -0.05) is 18.2 Å². The molecule has 4 heteroatoms. The van der Waals surface area contributed by atoms with Gasteiger partial charge in [0, 0.05) is 29.5 Å². The Labute approximate surface area is 141 Å². The van der Waals surface area contributed by atoms with Crippen molar-refractivity contribution in [3.63, 3.8) is 0 Å². The number of phenols is 1. The molecule has 1 saturated carbocycles. The van der Waals surface area contributed by atoms with Gasteiger partial charge in [0.25, 0.3) is 0 Å². The number of aliphatic hydroxyl groups excluding tert-OH is 1. The van der Waals surface area contributed by atoms with Gasteiger partial charge in [-0.2, -0.15) is 0 Å². The predicted octanol–water partition coefficient (Wildman–Crippen LogP) is 1.98. The summed E-state index contributed by atoms with van der Waals surface area (Å²) in [6.07, 6.45) is 8.14. The van der Waals surface area contributed by atoms with Crippen molar-refractivity contribution in [2.24, 2.45) is 11.8 Å². The van der Waals surface area contributed by atoms with E-state index in [4.69, 9.17) is 4.74 Å². The monoisotopic (exact) mass is 325 g/mol. The van der Waals surface area contributed by atoms with Crippen LogP contribution in [0.1, 0.15) is 30.4 Å². The number of likely N-dealkylation sites (tertiary alicyclic amines) is 1. The number of nitrogens with zero attached hydrogens (tertiary/aromatic N) is 1. The molecule has 1 spiro atoms. The maximum atomic E-state index is 10.6. The van der Waals surface area contributed by atoms with E-state index >= 15 is 0 Å². The fourth-order valence-electron chi connectivity index (χ4n) is 5.99. The van der Waals surface area contributed by atoms with Gasteiger partial charge in [-0.25, -0.2) is 0 Å². The molecule has 5 aliphatic rings. The Morgan fingerprint density at radius 1 is 1.25 bits per heavy atom. The maximum absolute atomic E-state index is 10.6. The highest BCUT2D eigenvalue weighted by molar-refractivity contribution is 5.61. The summed E-state index contributed by atoms with van der Waals surface area (Å²) < 4.78 is 6.18. The molecule has 1 aromatic rings. The standard InChI is InChI=1S/C20H23NO3/c22-15-5-3-12-9-14-13-4-6-16(23)19-20(13,17(12)18(15)24-19)7-8-21(14)10-11-1-2-11/h3-6,11,13-14,16,19,22-23H,1-2,7-10H2/t13-,14?,16-,19-,20?/m0/s1. The van der Waals surface area contributed by atoms with E-state index in [1.54, 1.807) is 6.07 Å². The first kappa shape index (κ1) is 13.7. The van der Waals surface area contributed by atoms with Crippen molar-refractivity contribution in [1.29, 1.82) is 0 Å². The van der Waals surface area contributed by atoms with E-state index in [1.807, 2.05) is 6.08 Å². The van der Waals surface area contributed by atoms with Gasteiger partial charge in [-0.05, 0) is 49.8 Å². The summed E-state index contributed by atoms with van der Waals surface area (Å²) in [6, 6.07) is 4.34. The van der Waals surface area contributed by atoms with Gasteiger partial charge in [0.15, 0.2) is 11.5 Å². The van der Waals surface area contributed by atoms with E-state index in [9.17, 15) is 10.2 Å². The van der Waals surface area contributed by atoms with Gasteiger partial charge in [0.1, 0.15) is 12.2 Å². The van der Waals surface area contributed by atoms with Crippen LogP contribution in [0, 0.1) is 11.8 Å². The van der Waals surface area contributed by atoms with Crippen molar-refractivity contribution in [2.75, 3.05) is 13.1 Å². The first-order valence-corrected chi connectivity index (χ1v) is 9.31. The third kappa shape index (κ3) is 1.52. The second-order valence-electron chi connectivity index (χ2n) is 8.39. The summed E-state index contributed by atoms with van der Waals surface area (Å²) in [7, 11) is 0. The molecule has 5 atom stereocenters. The van der Waals surface area contributed by atoms with Crippen LogP contribution in [0.25, 0.3) is 0 Å². The summed E-state index contributed by atoms with van der Waals surface area (Å²) in [5, 5.41) is 20.9. The largest absolute Gasteiger partial charge is 0.504 e. The second-order valence-corrected chi connectivity index (χ2v) is 8.39. The molecule has 1 saturated heterocycles. The zero-order valence-corrected chi connectivity index (χ0v) is 13.7. The lowest BCUT2D eigenvalue weighted by molar-refractivity contribution is -0.0525. The molecule has 0 aromatic heterocycles. The zero-order chi connectivity index (χ0) is 16.1. The second kappa shape index (κ2) is 4.36. The predicted molar refractivity (Wildman–Crippen MR) is 89.2 cm³/mol. The molecule has 3 aliphatic carbocycles. The van der Waals surface area contributed by atoms with E-state index in [-0.39, 0.29) is 17.3 Å². The number of hydrogen-bond acceptors (Lipinski definition) is 4. The van der Waals surface area contributed by atoms with E-state index in [0.29, 0.717) is 17.7 Å². The summed E-state index contributed by atoms with van der Waals surface area (Å²) >= 11 is 0. The number of rotatable bonds is 2. The summed E-state index contributed by atoms with van der Waals surface area (Å²) in [4.78, 5) is 2.69. The molecule has 2 bridgehead atoms. The number of benzene rings is 1. The smallest absolute Gasteiger partial charge is 0.165 e. The number of hydrogen-bond donors (Lipinski definition) is 2. The van der Waals surface area contributed by atoms with Crippen LogP contribution in [0.2, 0.25) is 0 Å². The lowest BCUT2D eigenvalue weighted by atomic mass is 9.53. The fourth-order valence-corrected chi connectivity index (χ4v) is 5.99. The van der Waals surface area contributed by atoms with Gasteiger partial charge in [0.05, 0.1) is 0 Å². The minimum Gasteiger partial charge on any atom is -0.504 e. The van der Waals surface area contributed by atoms with Crippen molar-refractivity contribution in [3.05, 3.63) is 35.4 Å². The van der Waals surface area contributed by atoms with Crippen molar-refractivity contribution in [1.82, 2.24) is 4.90 Å². The number of aromatic hydroxyl groups is 1. The average Bonchev–Trinajstić information content (AvgIpc) is 3.32. The van der Waals surface area contributed by atoms with Crippen LogP contribution in [0.4, 0.5) is 0 Å². The Morgan fingerprint density at radius 2 is 2.12 bits per heavy atom. The Kier molecular flexibility index (Phi) is 2.49. The van der Waals surface area contributed by atoms with Crippen LogP contribution in [-0.2, 0) is 11.8 Å². The van der Waals surface area contributed by atoms with Gasteiger partial charge < -0.3 is 14.9 Å². The number of ether oxygens (including phenoxy) is 1. The lowest BCUT2D eigenvalue weighted by Gasteiger charge is -2.57. The molecule has 126 valence electrons. The van der Waals surface area contributed by atoms with Gasteiger partial charge in [-0.3, -0.25) is 4.90 Å². The molecule has 6 rings (SSSR count). The molecular weight excluding hydrogens is 302 g/mol. The first-order valence-electron chi connectivity index (χ1n) is 9.31. The number of aliphatic hydroxyl groups is 1. The third-order valence-corrected chi connectivity index (χ3v) is 7.18. The average molecular weight is 325 g/mol. The van der Waals surface area contributed by atoms with Crippen molar-refractivity contribution in [2.45, 2.75) is 49.3 Å². The maximum Gasteiger partial charge on any atom is 0.165 e. The Balaban J connectivity index is 1.54.